The summed E-state index contributed by atoms with van der Waals surface area (Å²) in [5, 5.41) is 11.0. The summed E-state index contributed by atoms with van der Waals surface area (Å²) in [5.41, 5.74) is -2.58. The summed E-state index contributed by atoms with van der Waals surface area (Å²) in [7, 11) is -4.49. The number of rotatable bonds is 5. The number of carbonyl (C=O) groups is 1. The molecule has 2 bridgehead atoms. The van der Waals surface area contributed by atoms with E-state index in [1.165, 1.54) is 0 Å². The van der Waals surface area contributed by atoms with Crippen molar-refractivity contribution in [2.45, 2.75) is 117 Å². The average molecular weight is 583 g/mol. The maximum atomic E-state index is 13.7. The zero-order valence-electron chi connectivity index (χ0n) is 24.4. The van der Waals surface area contributed by atoms with E-state index in [1.807, 2.05) is 26.0 Å². The van der Waals surface area contributed by atoms with Gasteiger partial charge in [-0.25, -0.2) is 0 Å². The number of carbonyl (C=O) groups excluding carboxylic acids is 1. The van der Waals surface area contributed by atoms with Gasteiger partial charge in [0.05, 0.1) is 22.8 Å². The number of nitrogens with zero attached hydrogens (tertiary/aromatic N) is 1. The first-order valence-corrected chi connectivity index (χ1v) is 19.4. The smallest absolute Gasteiger partial charge is 0.192 e. The molecule has 4 nitrogen and oxygen atoms in total. The number of nitriles is 1. The molecule has 0 radical (unpaired) electrons. The summed E-state index contributed by atoms with van der Waals surface area (Å²) in [6, 6.07) is 2.70. The van der Waals surface area contributed by atoms with Crippen molar-refractivity contribution in [3.8, 4) is 6.07 Å². The summed E-state index contributed by atoms with van der Waals surface area (Å²) in [6.45, 7) is 32.6. The quantitative estimate of drug-likeness (QED) is 0.241. The molecule has 1 saturated carbocycles. The van der Waals surface area contributed by atoms with Crippen LogP contribution in [0.4, 0.5) is 0 Å². The van der Waals surface area contributed by atoms with Gasteiger partial charge in [0, 0.05) is 16.7 Å². The number of halogens is 1. The van der Waals surface area contributed by atoms with Gasteiger partial charge in [-0.05, 0) is 64.7 Å². The first kappa shape index (κ1) is 30.7. The van der Waals surface area contributed by atoms with Gasteiger partial charge in [-0.1, -0.05) is 68.4 Å². The average Bonchev–Trinajstić information content (AvgIpc) is 2.73. The normalized spacial score (nSPS) is 34.0. The van der Waals surface area contributed by atoms with Crippen molar-refractivity contribution in [3.05, 3.63) is 23.2 Å². The van der Waals surface area contributed by atoms with E-state index in [-0.39, 0.29) is 27.9 Å². The second kappa shape index (κ2) is 9.04. The molecule has 0 spiro atoms. The van der Waals surface area contributed by atoms with Crippen LogP contribution in [0.3, 0.4) is 0 Å². The lowest BCUT2D eigenvalue weighted by Gasteiger charge is -2.60. The van der Waals surface area contributed by atoms with Gasteiger partial charge in [-0.3, -0.25) is 4.79 Å². The molecule has 35 heavy (non-hydrogen) atoms. The predicted octanol–water partition coefficient (Wildman–Crippen LogP) is 8.38. The Bertz CT molecular complexity index is 951. The minimum Gasteiger partial charge on any atom is -0.413 e. The first-order chi connectivity index (χ1) is 15.4. The Hall–Kier alpha value is -0.526. The van der Waals surface area contributed by atoms with Crippen LogP contribution in [-0.2, 0) is 13.6 Å². The molecule has 0 aromatic heterocycles. The van der Waals surface area contributed by atoms with E-state index in [2.05, 4.69) is 103 Å². The first-order valence-electron chi connectivity index (χ1n) is 12.8. The van der Waals surface area contributed by atoms with Crippen LogP contribution in [0.2, 0.25) is 36.3 Å². The highest BCUT2D eigenvalue weighted by molar-refractivity contribution is 9.12. The maximum absolute atomic E-state index is 13.7. The van der Waals surface area contributed by atoms with Crippen molar-refractivity contribution in [2.24, 2.45) is 22.2 Å². The lowest BCUT2D eigenvalue weighted by atomic mass is 9.50. The zero-order chi connectivity index (χ0) is 27.6. The summed E-state index contributed by atoms with van der Waals surface area (Å²) in [5.74, 6) is -0.166. The van der Waals surface area contributed by atoms with Gasteiger partial charge >= 0.3 is 0 Å². The van der Waals surface area contributed by atoms with Gasteiger partial charge in [-0.15, -0.1) is 6.58 Å². The van der Waals surface area contributed by atoms with Gasteiger partial charge in [0.25, 0.3) is 0 Å². The van der Waals surface area contributed by atoms with Crippen LogP contribution in [0.25, 0.3) is 0 Å². The van der Waals surface area contributed by atoms with Crippen LogP contribution in [0, 0.1) is 33.5 Å². The molecule has 0 heterocycles. The lowest BCUT2D eigenvalue weighted by Crippen LogP contribution is -2.66. The minimum atomic E-state index is -2.30. The largest absolute Gasteiger partial charge is 0.413 e. The molecule has 1 fully saturated rings. The summed E-state index contributed by atoms with van der Waals surface area (Å²) in [4.78, 5) is 13.7. The molecule has 2 aliphatic carbocycles. The third-order valence-electron chi connectivity index (χ3n) is 10.0. The summed E-state index contributed by atoms with van der Waals surface area (Å²) < 4.78 is 14.7. The molecule has 2 aliphatic rings. The molecule has 0 aliphatic heterocycles. The highest BCUT2D eigenvalue weighted by Gasteiger charge is 2.68. The summed E-state index contributed by atoms with van der Waals surface area (Å²) in [6.07, 6.45) is 3.67. The van der Waals surface area contributed by atoms with Gasteiger partial charge < -0.3 is 8.85 Å². The Morgan fingerprint density at radius 2 is 1.51 bits per heavy atom. The number of allylic oxidation sites excluding steroid dienone is 1. The Kier molecular flexibility index (Phi) is 7.93. The lowest BCUT2D eigenvalue weighted by molar-refractivity contribution is -0.148. The Morgan fingerprint density at radius 3 is 1.91 bits per heavy atom. The van der Waals surface area contributed by atoms with Gasteiger partial charge in [0.2, 0.25) is 0 Å². The molecular formula is C28H48BrNO3Si2. The van der Waals surface area contributed by atoms with Crippen LogP contribution in [0.1, 0.15) is 68.7 Å². The number of fused-ring (bicyclic) bond motifs is 2. The van der Waals surface area contributed by atoms with Gasteiger partial charge in [0.15, 0.2) is 22.4 Å². The van der Waals surface area contributed by atoms with E-state index in [1.54, 1.807) is 0 Å². The van der Waals surface area contributed by atoms with Crippen molar-refractivity contribution >= 4 is 38.3 Å². The highest BCUT2D eigenvalue weighted by atomic mass is 79.9. The fourth-order valence-electron chi connectivity index (χ4n) is 5.03. The maximum Gasteiger partial charge on any atom is 0.192 e. The third-order valence-corrected chi connectivity index (χ3v) is 19.5. The second-order valence-electron chi connectivity index (χ2n) is 14.5. The molecule has 7 heteroatoms. The molecule has 0 aromatic carbocycles. The fourth-order valence-corrected chi connectivity index (χ4v) is 8.65. The molecule has 0 unspecified atom stereocenters. The Labute approximate surface area is 225 Å². The van der Waals surface area contributed by atoms with Crippen LogP contribution in [0.5, 0.6) is 0 Å². The molecule has 5 atom stereocenters. The van der Waals surface area contributed by atoms with Crippen LogP contribution < -0.4 is 0 Å². The monoisotopic (exact) mass is 581 g/mol. The van der Waals surface area contributed by atoms with E-state index < -0.39 is 39.0 Å². The van der Waals surface area contributed by atoms with Crippen LogP contribution in [0.15, 0.2) is 23.2 Å². The van der Waals surface area contributed by atoms with E-state index in [4.69, 9.17) is 8.85 Å². The molecular weight excluding hydrogens is 534 g/mol. The Balaban J connectivity index is 2.89. The standard InChI is InChI=1S/C28H48BrNO3Si2/c1-15-27(10)21(32-34(11,12)24(2,3)4)16-19-23(33-35(13,14)25(5,6)7)28(27,18-30)17-20(29)22(31)26(19,8)9/h15,17,19,21,23H,1,16H2,2-14H3/t19-,21-,23+,27+,28+/m0/s1. The van der Waals surface area contributed by atoms with Crippen molar-refractivity contribution in [1.82, 2.24) is 0 Å². The van der Waals surface area contributed by atoms with Crippen molar-refractivity contribution < 1.29 is 13.6 Å². The highest BCUT2D eigenvalue weighted by Crippen LogP contribution is 2.63. The van der Waals surface area contributed by atoms with E-state index in [0.717, 1.165) is 0 Å². The van der Waals surface area contributed by atoms with Crippen molar-refractivity contribution in [2.75, 3.05) is 0 Å². The minimum absolute atomic E-state index is 0.0102. The number of hydrogen-bond acceptors (Lipinski definition) is 4. The van der Waals surface area contributed by atoms with E-state index >= 15 is 0 Å². The predicted molar refractivity (Wildman–Crippen MR) is 154 cm³/mol. The second-order valence-corrected chi connectivity index (χ2v) is 24.9. The van der Waals surface area contributed by atoms with Crippen LogP contribution >= 0.6 is 15.9 Å². The topological polar surface area (TPSA) is 59.3 Å². The van der Waals surface area contributed by atoms with E-state index in [0.29, 0.717) is 10.9 Å². The van der Waals surface area contributed by atoms with Crippen molar-refractivity contribution in [3.63, 3.8) is 0 Å². The van der Waals surface area contributed by atoms with Crippen LogP contribution in [-0.4, -0.2) is 34.6 Å². The zero-order valence-corrected chi connectivity index (χ0v) is 27.9. The Morgan fingerprint density at radius 1 is 1.06 bits per heavy atom. The van der Waals surface area contributed by atoms with Gasteiger partial charge in [-0.2, -0.15) is 5.26 Å². The number of ketones is 1. The molecule has 2 rings (SSSR count). The van der Waals surface area contributed by atoms with E-state index in [9.17, 15) is 10.1 Å². The molecule has 198 valence electrons. The molecule has 0 aromatic rings. The SMILES string of the molecule is C=C[C@]1(C)[C@@H](O[Si](C)(C)C(C)(C)C)C[C@H]2[C@@H](O[Si](C)(C)C(C)(C)C)[C@]1(C#N)C=C(Br)C(=O)C2(C)C. The molecule has 0 N–H and O–H groups in total. The number of Topliss-reactive ketones (excluding diaryl/α,β-unsaturated/α-hetero) is 1. The number of hydrogen-bond donors (Lipinski definition) is 0. The fraction of sp³-hybridized carbons (Fsp3) is 0.786. The third kappa shape index (κ3) is 4.76. The van der Waals surface area contributed by atoms with Gasteiger partial charge in [0.1, 0.15) is 5.41 Å². The summed E-state index contributed by atoms with van der Waals surface area (Å²) >= 11 is 3.58. The molecule has 0 saturated heterocycles. The van der Waals surface area contributed by atoms with Crippen molar-refractivity contribution in [1.29, 1.82) is 5.26 Å². The molecule has 0 amide bonds.